The van der Waals surface area contributed by atoms with Crippen molar-refractivity contribution in [3.63, 3.8) is 0 Å². The van der Waals surface area contributed by atoms with E-state index in [1.807, 2.05) is 54.6 Å². The number of thioether (sulfide) groups is 1. The SMILES string of the molecule is C=CCN(Cn1nnc2ccccc21)C(=O)C1N(CCCCCO)C(=O)[C@@H]2[C@@H](C(=O)N(CC=C)c3ccccc3)[C@@]3(C)CCC12S3. The van der Waals surface area contributed by atoms with Crippen molar-refractivity contribution in [2.24, 2.45) is 11.8 Å². The zero-order valence-electron chi connectivity index (χ0n) is 26.3. The van der Waals surface area contributed by atoms with Gasteiger partial charge in [0.2, 0.25) is 17.7 Å². The molecule has 10 nitrogen and oxygen atoms in total. The third-order valence-corrected chi connectivity index (χ3v) is 11.9. The van der Waals surface area contributed by atoms with Crippen LogP contribution in [0.15, 0.2) is 79.9 Å². The summed E-state index contributed by atoms with van der Waals surface area (Å²) in [6, 6.07) is 16.4. The first-order valence-electron chi connectivity index (χ1n) is 16.1. The standard InChI is InChI=1S/C35H42N6O4S/c1-4-20-38(24-41-27-17-11-10-16-26(27)36-37-41)33(45)30-35-19-18-34(3,46-35)28(29(35)32(44)40(30)22-12-7-13-23-42)31(43)39(21-5-2)25-14-8-6-9-15-25/h4-6,8-11,14-17,28-30,42H,1-2,7,12-13,18-24H2,3H3/t28-,29-,30?,34+,35?/m0/s1. The maximum atomic E-state index is 14.9. The van der Waals surface area contributed by atoms with Crippen LogP contribution in [0.2, 0.25) is 0 Å². The number of unbranched alkanes of at least 4 members (excludes halogenated alkanes) is 2. The Morgan fingerprint density at radius 3 is 2.50 bits per heavy atom. The molecule has 5 atom stereocenters. The van der Waals surface area contributed by atoms with Crippen molar-refractivity contribution in [2.75, 3.05) is 31.1 Å². The third kappa shape index (κ3) is 5.33. The lowest BCUT2D eigenvalue weighted by molar-refractivity contribution is -0.143. The average Bonchev–Trinajstić information content (AvgIpc) is 3.77. The van der Waals surface area contributed by atoms with Gasteiger partial charge in [0.15, 0.2) is 0 Å². The number of likely N-dealkylation sites (tertiary alicyclic amines) is 1. The number of carbonyl (C=O) groups excluding carboxylic acids is 3. The number of benzene rings is 2. The normalized spacial score (nSPS) is 26.3. The minimum atomic E-state index is -0.749. The molecular formula is C35H42N6O4S. The number of aromatic nitrogens is 3. The highest BCUT2D eigenvalue weighted by Gasteiger charge is 2.77. The fourth-order valence-electron chi connectivity index (χ4n) is 7.85. The summed E-state index contributed by atoms with van der Waals surface area (Å²) < 4.78 is 0.452. The van der Waals surface area contributed by atoms with E-state index < -0.39 is 27.4 Å². The van der Waals surface area contributed by atoms with Crippen LogP contribution in [-0.4, -0.2) is 89.4 Å². The van der Waals surface area contributed by atoms with Gasteiger partial charge in [-0.05, 0) is 63.3 Å². The molecule has 242 valence electrons. The van der Waals surface area contributed by atoms with Crippen LogP contribution in [0.1, 0.15) is 39.0 Å². The molecule has 6 rings (SSSR count). The maximum Gasteiger partial charge on any atom is 0.248 e. The van der Waals surface area contributed by atoms with Crippen LogP contribution >= 0.6 is 11.8 Å². The van der Waals surface area contributed by atoms with Gasteiger partial charge in [0.1, 0.15) is 18.2 Å². The van der Waals surface area contributed by atoms with E-state index in [4.69, 9.17) is 0 Å². The molecular weight excluding hydrogens is 600 g/mol. The highest BCUT2D eigenvalue weighted by atomic mass is 32.2. The Kier molecular flexibility index (Phi) is 9.07. The fraction of sp³-hybridized carbons (Fsp3) is 0.457. The predicted octanol–water partition coefficient (Wildman–Crippen LogP) is 4.27. The van der Waals surface area contributed by atoms with Crippen molar-refractivity contribution in [3.8, 4) is 0 Å². The summed E-state index contributed by atoms with van der Waals surface area (Å²) in [7, 11) is 0. The lowest BCUT2D eigenvalue weighted by Gasteiger charge is -2.38. The molecule has 3 aromatic rings. The summed E-state index contributed by atoms with van der Waals surface area (Å²) in [5.41, 5.74) is 2.30. The van der Waals surface area contributed by atoms with E-state index in [9.17, 15) is 19.5 Å². The van der Waals surface area contributed by atoms with Gasteiger partial charge in [-0.25, -0.2) is 4.68 Å². The Labute approximate surface area is 274 Å². The van der Waals surface area contributed by atoms with E-state index in [2.05, 4.69) is 30.4 Å². The van der Waals surface area contributed by atoms with Crippen LogP contribution < -0.4 is 4.90 Å². The van der Waals surface area contributed by atoms with Gasteiger partial charge < -0.3 is 19.8 Å². The zero-order valence-corrected chi connectivity index (χ0v) is 27.1. The molecule has 0 saturated carbocycles. The number of aliphatic hydroxyl groups excluding tert-OH is 1. The molecule has 2 aromatic carbocycles. The van der Waals surface area contributed by atoms with Gasteiger partial charge in [-0.15, -0.1) is 30.0 Å². The van der Waals surface area contributed by atoms with Gasteiger partial charge in [-0.1, -0.05) is 47.7 Å². The maximum absolute atomic E-state index is 14.9. The zero-order chi connectivity index (χ0) is 32.5. The Balaban J connectivity index is 1.38. The second kappa shape index (κ2) is 13.0. The summed E-state index contributed by atoms with van der Waals surface area (Å²) in [5, 5.41) is 18.0. The fourth-order valence-corrected chi connectivity index (χ4v) is 10.2. The number of hydrogen-bond acceptors (Lipinski definition) is 7. The third-order valence-electron chi connectivity index (χ3n) is 9.87. The molecule has 3 aliphatic heterocycles. The lowest BCUT2D eigenvalue weighted by atomic mass is 9.66. The highest BCUT2D eigenvalue weighted by Crippen LogP contribution is 2.71. The van der Waals surface area contributed by atoms with Crippen molar-refractivity contribution >= 4 is 46.2 Å². The minimum Gasteiger partial charge on any atom is -0.396 e. The molecule has 3 amide bonds. The topological polar surface area (TPSA) is 112 Å². The predicted molar refractivity (Wildman–Crippen MR) is 180 cm³/mol. The monoisotopic (exact) mass is 642 g/mol. The smallest absolute Gasteiger partial charge is 0.248 e. The quantitative estimate of drug-likeness (QED) is 0.207. The van der Waals surface area contributed by atoms with E-state index in [-0.39, 0.29) is 37.5 Å². The van der Waals surface area contributed by atoms with Crippen LogP contribution in [0.3, 0.4) is 0 Å². The molecule has 3 saturated heterocycles. The van der Waals surface area contributed by atoms with E-state index in [1.165, 1.54) is 0 Å². The van der Waals surface area contributed by atoms with Gasteiger partial charge in [0.05, 0.1) is 22.1 Å². The number of anilines is 1. The molecule has 3 fully saturated rings. The van der Waals surface area contributed by atoms with Crippen molar-refractivity contribution in [1.29, 1.82) is 0 Å². The Morgan fingerprint density at radius 2 is 1.76 bits per heavy atom. The first kappa shape index (κ1) is 32.0. The molecule has 1 aromatic heterocycles. The molecule has 0 aliphatic carbocycles. The van der Waals surface area contributed by atoms with Crippen molar-refractivity contribution in [1.82, 2.24) is 24.8 Å². The molecule has 1 spiro atoms. The van der Waals surface area contributed by atoms with E-state index in [0.29, 0.717) is 32.4 Å². The Morgan fingerprint density at radius 1 is 1.02 bits per heavy atom. The van der Waals surface area contributed by atoms with E-state index in [0.717, 1.165) is 29.6 Å². The molecule has 2 bridgehead atoms. The van der Waals surface area contributed by atoms with Crippen LogP contribution in [0.4, 0.5) is 5.69 Å². The number of nitrogens with zero attached hydrogens (tertiary/aromatic N) is 6. The molecule has 1 N–H and O–H groups in total. The largest absolute Gasteiger partial charge is 0.396 e. The van der Waals surface area contributed by atoms with E-state index >= 15 is 0 Å². The number of rotatable bonds is 14. The summed E-state index contributed by atoms with van der Waals surface area (Å²) in [6.07, 6.45) is 6.80. The number of amides is 3. The van der Waals surface area contributed by atoms with Crippen molar-refractivity contribution < 1.29 is 19.5 Å². The first-order chi connectivity index (χ1) is 22.3. The lowest BCUT2D eigenvalue weighted by Crippen LogP contribution is -2.55. The summed E-state index contributed by atoms with van der Waals surface area (Å²) >= 11 is 1.67. The Bertz CT molecular complexity index is 1630. The number of para-hydroxylation sites is 2. The van der Waals surface area contributed by atoms with Gasteiger partial charge in [0.25, 0.3) is 0 Å². The van der Waals surface area contributed by atoms with Crippen LogP contribution in [-0.2, 0) is 21.1 Å². The van der Waals surface area contributed by atoms with Gasteiger partial charge in [0, 0.05) is 36.7 Å². The average molecular weight is 643 g/mol. The van der Waals surface area contributed by atoms with Crippen LogP contribution in [0.25, 0.3) is 11.0 Å². The second-order valence-corrected chi connectivity index (χ2v) is 14.6. The van der Waals surface area contributed by atoms with Crippen LogP contribution in [0.5, 0.6) is 0 Å². The molecule has 2 unspecified atom stereocenters. The van der Waals surface area contributed by atoms with E-state index in [1.54, 1.807) is 43.3 Å². The summed E-state index contributed by atoms with van der Waals surface area (Å²) in [6.45, 7) is 11.1. The number of fused-ring (bicyclic) bond motifs is 2. The summed E-state index contributed by atoms with van der Waals surface area (Å²) in [4.78, 5) is 49.3. The highest BCUT2D eigenvalue weighted by molar-refractivity contribution is 8.02. The van der Waals surface area contributed by atoms with Crippen molar-refractivity contribution in [3.05, 3.63) is 79.9 Å². The summed E-state index contributed by atoms with van der Waals surface area (Å²) in [5.74, 6) is -1.64. The van der Waals surface area contributed by atoms with Crippen LogP contribution in [0, 0.1) is 11.8 Å². The number of aliphatic hydroxyl groups is 1. The molecule has 4 heterocycles. The first-order valence-corrected chi connectivity index (χ1v) is 16.9. The second-order valence-electron chi connectivity index (χ2n) is 12.7. The van der Waals surface area contributed by atoms with Gasteiger partial charge >= 0.3 is 0 Å². The Hall–Kier alpha value is -3.96. The number of hydrogen-bond donors (Lipinski definition) is 1. The molecule has 46 heavy (non-hydrogen) atoms. The molecule has 11 heteroatoms. The minimum absolute atomic E-state index is 0.0747. The molecule has 3 aliphatic rings. The molecule has 0 radical (unpaired) electrons. The van der Waals surface area contributed by atoms with Gasteiger partial charge in [-0.2, -0.15) is 0 Å². The number of carbonyl (C=O) groups is 3. The van der Waals surface area contributed by atoms with Gasteiger partial charge in [-0.3, -0.25) is 14.4 Å². The van der Waals surface area contributed by atoms with Crippen molar-refractivity contribution in [2.45, 2.75) is 61.2 Å².